The first-order chi connectivity index (χ1) is 13.8. The van der Waals surface area contributed by atoms with Crippen molar-refractivity contribution in [3.05, 3.63) is 81.3 Å². The Morgan fingerprint density at radius 2 is 1.97 bits per heavy atom. The zero-order valence-electron chi connectivity index (χ0n) is 15.7. The van der Waals surface area contributed by atoms with Crippen molar-refractivity contribution < 1.29 is 17.6 Å². The largest absolute Gasteiger partial charge is 0.333 e. The first-order valence-electron chi connectivity index (χ1n) is 9.07. The molecule has 0 saturated carbocycles. The Labute approximate surface area is 172 Å². The number of fused-ring (bicyclic) bond motifs is 1. The van der Waals surface area contributed by atoms with Crippen LogP contribution in [-0.4, -0.2) is 25.8 Å². The van der Waals surface area contributed by atoms with Crippen molar-refractivity contribution in [3.63, 3.8) is 0 Å². The van der Waals surface area contributed by atoms with Gasteiger partial charge in [0.1, 0.15) is 5.82 Å². The molecule has 0 unspecified atom stereocenters. The monoisotopic (exact) mass is 430 g/mol. The Morgan fingerprint density at radius 3 is 2.69 bits per heavy atom. The van der Waals surface area contributed by atoms with Gasteiger partial charge in [0.25, 0.3) is 15.9 Å². The van der Waals surface area contributed by atoms with E-state index in [-0.39, 0.29) is 10.8 Å². The van der Waals surface area contributed by atoms with Crippen LogP contribution in [0.5, 0.6) is 0 Å². The third-order valence-electron chi connectivity index (χ3n) is 4.92. The Morgan fingerprint density at radius 1 is 1.14 bits per heavy atom. The normalized spacial score (nSPS) is 13.8. The zero-order valence-corrected chi connectivity index (χ0v) is 17.3. The minimum atomic E-state index is -3.85. The van der Waals surface area contributed by atoms with Crippen LogP contribution in [0.4, 0.5) is 10.1 Å². The van der Waals surface area contributed by atoms with Crippen LogP contribution in [0.2, 0.25) is 0 Å². The fourth-order valence-electron chi connectivity index (χ4n) is 3.47. The number of sulfonamides is 1. The molecule has 0 aliphatic carbocycles. The van der Waals surface area contributed by atoms with Gasteiger partial charge in [-0.3, -0.25) is 9.52 Å². The van der Waals surface area contributed by atoms with Crippen molar-refractivity contribution in [2.24, 2.45) is 0 Å². The quantitative estimate of drug-likeness (QED) is 0.675. The summed E-state index contributed by atoms with van der Waals surface area (Å²) in [4.78, 5) is 15.1. The molecule has 4 rings (SSSR count). The Balaban J connectivity index is 1.57. The molecule has 5 nitrogen and oxygen atoms in total. The minimum absolute atomic E-state index is 0.0152. The molecule has 1 aliphatic rings. The maximum Gasteiger partial charge on any atom is 0.264 e. The third-order valence-corrected chi connectivity index (χ3v) is 7.32. The van der Waals surface area contributed by atoms with Gasteiger partial charge in [-0.1, -0.05) is 12.1 Å². The van der Waals surface area contributed by atoms with Gasteiger partial charge in [-0.05, 0) is 71.8 Å². The lowest BCUT2D eigenvalue weighted by molar-refractivity contribution is 0.0739. The number of anilines is 1. The van der Waals surface area contributed by atoms with E-state index < -0.39 is 15.8 Å². The van der Waals surface area contributed by atoms with Crippen molar-refractivity contribution in [2.75, 3.05) is 11.3 Å². The van der Waals surface area contributed by atoms with Crippen LogP contribution < -0.4 is 4.72 Å². The summed E-state index contributed by atoms with van der Waals surface area (Å²) in [6.45, 7) is 2.61. The van der Waals surface area contributed by atoms with Crippen LogP contribution in [0, 0.1) is 12.7 Å². The van der Waals surface area contributed by atoms with Gasteiger partial charge in [-0.2, -0.15) is 0 Å². The molecular weight excluding hydrogens is 411 g/mol. The van der Waals surface area contributed by atoms with E-state index >= 15 is 0 Å². The van der Waals surface area contributed by atoms with Gasteiger partial charge in [-0.15, -0.1) is 11.3 Å². The highest BCUT2D eigenvalue weighted by Crippen LogP contribution is 2.27. The Kier molecular flexibility index (Phi) is 5.14. The topological polar surface area (TPSA) is 66.5 Å². The van der Waals surface area contributed by atoms with Gasteiger partial charge in [0.05, 0.1) is 9.77 Å². The van der Waals surface area contributed by atoms with Crippen LogP contribution >= 0.6 is 11.3 Å². The van der Waals surface area contributed by atoms with Crippen LogP contribution in [0.1, 0.15) is 26.4 Å². The summed E-state index contributed by atoms with van der Waals surface area (Å²) in [6, 6.07) is 12.6. The number of nitrogens with one attached hydrogen (secondary N) is 1. The number of aryl methyl sites for hydroxylation is 1. The number of carbonyl (C=O) groups is 1. The zero-order chi connectivity index (χ0) is 20.6. The van der Waals surface area contributed by atoms with Gasteiger partial charge >= 0.3 is 0 Å². The molecule has 0 radical (unpaired) electrons. The average molecular weight is 431 g/mol. The average Bonchev–Trinajstić information content (AvgIpc) is 3.21. The van der Waals surface area contributed by atoms with Gasteiger partial charge in [0.15, 0.2) is 0 Å². The Bertz CT molecular complexity index is 1170. The third kappa shape index (κ3) is 4.04. The van der Waals surface area contributed by atoms with Crippen molar-refractivity contribution in [3.8, 4) is 0 Å². The molecule has 0 atom stereocenters. The summed E-state index contributed by atoms with van der Waals surface area (Å²) in [5.74, 6) is -0.496. The number of nitrogens with zero attached hydrogens (tertiary/aromatic N) is 1. The molecule has 3 aromatic rings. The second-order valence-electron chi connectivity index (χ2n) is 6.95. The number of thiophene rings is 1. The summed E-state index contributed by atoms with van der Waals surface area (Å²) in [5.41, 5.74) is 2.76. The number of benzene rings is 2. The highest BCUT2D eigenvalue weighted by Gasteiger charge is 2.23. The lowest BCUT2D eigenvalue weighted by Crippen LogP contribution is -2.35. The highest BCUT2D eigenvalue weighted by atomic mass is 32.2. The molecule has 2 heterocycles. The standard InChI is InChI=1S/C21H19FN2O3S2/c1-14-11-17(22)5-7-20(14)29(26,27)23-18-6-4-15-8-9-24(13-16(15)12-18)21(25)19-3-2-10-28-19/h2-7,10-12,23H,8-9,13H2,1H3. The predicted octanol–water partition coefficient (Wildman–Crippen LogP) is 4.19. The molecular formula is C21H19FN2O3S2. The predicted molar refractivity (Wildman–Crippen MR) is 111 cm³/mol. The van der Waals surface area contributed by atoms with Crippen LogP contribution in [0.3, 0.4) is 0 Å². The molecule has 0 fully saturated rings. The molecule has 1 amide bonds. The summed E-state index contributed by atoms with van der Waals surface area (Å²) in [7, 11) is -3.85. The SMILES string of the molecule is Cc1cc(F)ccc1S(=O)(=O)Nc1ccc2c(c1)CN(C(=O)c1cccs1)CC2. The number of halogens is 1. The van der Waals surface area contributed by atoms with E-state index in [4.69, 9.17) is 0 Å². The van der Waals surface area contributed by atoms with Crippen molar-refractivity contribution in [1.82, 2.24) is 4.90 Å². The van der Waals surface area contributed by atoms with E-state index in [1.807, 2.05) is 17.5 Å². The molecule has 8 heteroatoms. The number of hydrogen-bond acceptors (Lipinski definition) is 4. The molecule has 150 valence electrons. The maximum absolute atomic E-state index is 13.3. The molecule has 29 heavy (non-hydrogen) atoms. The molecule has 0 saturated heterocycles. The smallest absolute Gasteiger partial charge is 0.264 e. The highest BCUT2D eigenvalue weighted by molar-refractivity contribution is 7.92. The number of rotatable bonds is 4. The van der Waals surface area contributed by atoms with E-state index in [0.29, 0.717) is 29.2 Å². The summed E-state index contributed by atoms with van der Waals surface area (Å²) < 4.78 is 41.3. The number of carbonyl (C=O) groups excluding carboxylic acids is 1. The van der Waals surface area contributed by atoms with Crippen molar-refractivity contribution in [2.45, 2.75) is 24.8 Å². The second-order valence-corrected chi connectivity index (χ2v) is 9.55. The molecule has 0 bridgehead atoms. The lowest BCUT2D eigenvalue weighted by atomic mass is 9.99. The van der Waals surface area contributed by atoms with E-state index in [1.165, 1.54) is 23.5 Å². The van der Waals surface area contributed by atoms with Gasteiger partial charge in [0, 0.05) is 18.8 Å². The molecule has 1 aliphatic heterocycles. The lowest BCUT2D eigenvalue weighted by Gasteiger charge is -2.29. The molecule has 2 aromatic carbocycles. The van der Waals surface area contributed by atoms with E-state index in [2.05, 4.69) is 4.72 Å². The van der Waals surface area contributed by atoms with Crippen molar-refractivity contribution >= 4 is 33.0 Å². The molecule has 1 aromatic heterocycles. The number of hydrogen-bond donors (Lipinski definition) is 1. The summed E-state index contributed by atoms with van der Waals surface area (Å²) in [5, 5.41) is 1.87. The first-order valence-corrected chi connectivity index (χ1v) is 11.4. The first kappa shape index (κ1) is 19.6. The summed E-state index contributed by atoms with van der Waals surface area (Å²) >= 11 is 1.41. The van der Waals surface area contributed by atoms with Crippen LogP contribution in [-0.2, 0) is 23.0 Å². The molecule has 0 spiro atoms. The fourth-order valence-corrected chi connectivity index (χ4v) is 5.44. The van der Waals surface area contributed by atoms with Crippen LogP contribution in [0.25, 0.3) is 0 Å². The molecule has 1 N–H and O–H groups in total. The maximum atomic E-state index is 13.3. The van der Waals surface area contributed by atoms with Crippen molar-refractivity contribution in [1.29, 1.82) is 0 Å². The summed E-state index contributed by atoms with van der Waals surface area (Å²) in [6.07, 6.45) is 0.719. The van der Waals surface area contributed by atoms with Gasteiger partial charge in [-0.25, -0.2) is 12.8 Å². The van der Waals surface area contributed by atoms with Gasteiger partial charge in [0.2, 0.25) is 0 Å². The van der Waals surface area contributed by atoms with E-state index in [9.17, 15) is 17.6 Å². The van der Waals surface area contributed by atoms with E-state index in [1.54, 1.807) is 30.0 Å². The Hall–Kier alpha value is -2.71. The number of amides is 1. The minimum Gasteiger partial charge on any atom is -0.333 e. The van der Waals surface area contributed by atoms with Crippen LogP contribution in [0.15, 0.2) is 58.8 Å². The van der Waals surface area contributed by atoms with Gasteiger partial charge < -0.3 is 4.90 Å². The van der Waals surface area contributed by atoms with E-state index in [0.717, 1.165) is 23.6 Å². The fraction of sp³-hybridized carbons (Fsp3) is 0.190. The second kappa shape index (κ2) is 7.61.